The summed E-state index contributed by atoms with van der Waals surface area (Å²) in [6.45, 7) is 0.268. The van der Waals surface area contributed by atoms with Gasteiger partial charge in [-0.15, -0.1) is 0 Å². The van der Waals surface area contributed by atoms with Crippen molar-refractivity contribution in [2.75, 3.05) is 0 Å². The van der Waals surface area contributed by atoms with Crippen molar-refractivity contribution in [2.24, 2.45) is 0 Å². The van der Waals surface area contributed by atoms with Crippen molar-refractivity contribution in [1.29, 1.82) is 0 Å². The van der Waals surface area contributed by atoms with Gasteiger partial charge in [0, 0.05) is 16.6 Å². The molecule has 0 unspecified atom stereocenters. The quantitative estimate of drug-likeness (QED) is 0.856. The van der Waals surface area contributed by atoms with Crippen LogP contribution in [0.15, 0.2) is 45.5 Å². The first-order valence-corrected chi connectivity index (χ1v) is 6.17. The van der Waals surface area contributed by atoms with Gasteiger partial charge in [-0.05, 0) is 29.8 Å². The summed E-state index contributed by atoms with van der Waals surface area (Å²) >= 11 is 3.34. The van der Waals surface area contributed by atoms with Gasteiger partial charge in [-0.1, -0.05) is 21.1 Å². The summed E-state index contributed by atoms with van der Waals surface area (Å²) in [7, 11) is 0. The molecule has 98 valence electrons. The second-order valence-corrected chi connectivity index (χ2v) is 4.48. The highest BCUT2D eigenvalue weighted by Gasteiger charge is 2.03. The predicted molar refractivity (Wildman–Crippen MR) is 71.6 cm³/mol. The molecular weight excluding hydrogens is 314 g/mol. The van der Waals surface area contributed by atoms with Crippen molar-refractivity contribution in [3.05, 3.63) is 52.3 Å². The first-order valence-electron chi connectivity index (χ1n) is 5.38. The number of hydrogen-bond acceptors (Lipinski definition) is 4. The van der Waals surface area contributed by atoms with Crippen LogP contribution in [-0.2, 0) is 11.4 Å². The molecule has 0 aliphatic heterocycles. The smallest absolute Gasteiger partial charge is 0.328 e. The Labute approximate surface area is 117 Å². The van der Waals surface area contributed by atoms with Crippen LogP contribution in [0.5, 0.6) is 5.75 Å². The first kappa shape index (κ1) is 13.4. The molecule has 0 radical (unpaired) electrons. The highest BCUT2D eigenvalue weighted by molar-refractivity contribution is 9.10. The fourth-order valence-corrected chi connectivity index (χ4v) is 1.75. The summed E-state index contributed by atoms with van der Waals surface area (Å²) in [6.07, 6.45) is 4.11. The molecule has 0 amide bonds. The summed E-state index contributed by atoms with van der Waals surface area (Å²) in [4.78, 5) is 10.5. The zero-order valence-electron chi connectivity index (χ0n) is 9.75. The Balaban J connectivity index is 2.09. The van der Waals surface area contributed by atoms with E-state index in [0.29, 0.717) is 11.5 Å². The average molecular weight is 324 g/mol. The third-order valence-electron chi connectivity index (χ3n) is 2.25. The minimum atomic E-state index is -1.00. The van der Waals surface area contributed by atoms with Gasteiger partial charge in [0.1, 0.15) is 12.4 Å². The summed E-state index contributed by atoms with van der Waals surface area (Å²) in [5.74, 6) is 0.232. The number of halogens is 1. The van der Waals surface area contributed by atoms with Crippen molar-refractivity contribution in [3.63, 3.8) is 0 Å². The number of nitrogens with zero attached hydrogens (tertiary/aromatic N) is 1. The SMILES string of the molecule is O=C(O)/C=C/c1cc(OCc2ccno2)ccc1Br. The molecule has 1 heterocycles. The van der Waals surface area contributed by atoms with Gasteiger partial charge in [-0.3, -0.25) is 0 Å². The van der Waals surface area contributed by atoms with E-state index in [2.05, 4.69) is 21.1 Å². The molecule has 2 rings (SSSR count). The maximum absolute atomic E-state index is 10.5. The van der Waals surface area contributed by atoms with Gasteiger partial charge in [0.2, 0.25) is 0 Å². The number of benzene rings is 1. The van der Waals surface area contributed by atoms with Gasteiger partial charge in [0.05, 0.1) is 6.20 Å². The van der Waals surface area contributed by atoms with E-state index in [9.17, 15) is 4.79 Å². The second kappa shape index (κ2) is 6.19. The molecule has 0 bridgehead atoms. The number of hydrogen-bond donors (Lipinski definition) is 1. The maximum atomic E-state index is 10.5. The molecule has 5 nitrogen and oxygen atoms in total. The molecule has 1 N–H and O–H groups in total. The van der Waals surface area contributed by atoms with Crippen molar-refractivity contribution >= 4 is 28.0 Å². The highest BCUT2D eigenvalue weighted by atomic mass is 79.9. The number of ether oxygens (including phenoxy) is 1. The number of carboxylic acids is 1. The fourth-order valence-electron chi connectivity index (χ4n) is 1.37. The Morgan fingerprint density at radius 2 is 2.32 bits per heavy atom. The lowest BCUT2D eigenvalue weighted by Crippen LogP contribution is -1.94. The Morgan fingerprint density at radius 1 is 1.47 bits per heavy atom. The first-order chi connectivity index (χ1) is 9.15. The fraction of sp³-hybridized carbons (Fsp3) is 0.0769. The van der Waals surface area contributed by atoms with E-state index in [4.69, 9.17) is 14.4 Å². The van der Waals surface area contributed by atoms with Crippen LogP contribution in [0.1, 0.15) is 11.3 Å². The molecule has 1 aromatic heterocycles. The van der Waals surface area contributed by atoms with E-state index in [0.717, 1.165) is 16.1 Å². The van der Waals surface area contributed by atoms with Gasteiger partial charge >= 0.3 is 5.97 Å². The summed E-state index contributed by atoms with van der Waals surface area (Å²) < 4.78 is 11.2. The van der Waals surface area contributed by atoms with Gasteiger partial charge in [-0.2, -0.15) is 0 Å². The molecule has 1 aromatic carbocycles. The van der Waals surface area contributed by atoms with Crippen LogP contribution >= 0.6 is 15.9 Å². The Morgan fingerprint density at radius 3 is 3.00 bits per heavy atom. The normalized spacial score (nSPS) is 10.8. The molecule has 0 fully saturated rings. The van der Waals surface area contributed by atoms with Crippen LogP contribution in [0.3, 0.4) is 0 Å². The highest BCUT2D eigenvalue weighted by Crippen LogP contribution is 2.24. The molecular formula is C13H10BrNO4. The summed E-state index contributed by atoms with van der Waals surface area (Å²) in [5, 5.41) is 12.2. The lowest BCUT2D eigenvalue weighted by Gasteiger charge is -2.06. The predicted octanol–water partition coefficient (Wildman–Crippen LogP) is 3.11. The molecule has 0 saturated carbocycles. The zero-order chi connectivity index (χ0) is 13.7. The van der Waals surface area contributed by atoms with Crippen LogP contribution in [0.2, 0.25) is 0 Å². The van der Waals surface area contributed by atoms with Crippen molar-refractivity contribution in [1.82, 2.24) is 5.16 Å². The monoisotopic (exact) mass is 323 g/mol. The van der Waals surface area contributed by atoms with E-state index in [1.807, 2.05) is 0 Å². The molecule has 0 atom stereocenters. The lowest BCUT2D eigenvalue weighted by atomic mass is 10.2. The number of aliphatic carboxylic acids is 1. The van der Waals surface area contributed by atoms with E-state index in [1.165, 1.54) is 6.08 Å². The van der Waals surface area contributed by atoms with Crippen LogP contribution in [-0.4, -0.2) is 16.2 Å². The summed E-state index contributed by atoms with van der Waals surface area (Å²) in [6, 6.07) is 7.01. The minimum Gasteiger partial charge on any atom is -0.486 e. The average Bonchev–Trinajstić information content (AvgIpc) is 2.89. The van der Waals surface area contributed by atoms with Gasteiger partial charge < -0.3 is 14.4 Å². The summed E-state index contributed by atoms with van der Waals surface area (Å²) in [5.41, 5.74) is 0.720. The number of carboxylic acid groups (broad SMARTS) is 1. The minimum absolute atomic E-state index is 0.268. The van der Waals surface area contributed by atoms with Crippen molar-refractivity contribution < 1.29 is 19.2 Å². The number of aromatic nitrogens is 1. The van der Waals surface area contributed by atoms with Crippen molar-refractivity contribution in [3.8, 4) is 5.75 Å². The third-order valence-corrected chi connectivity index (χ3v) is 2.97. The van der Waals surface area contributed by atoms with E-state index in [1.54, 1.807) is 30.5 Å². The van der Waals surface area contributed by atoms with Crippen LogP contribution in [0.4, 0.5) is 0 Å². The van der Waals surface area contributed by atoms with Gasteiger partial charge in [0.15, 0.2) is 5.76 Å². The molecule has 0 saturated heterocycles. The van der Waals surface area contributed by atoms with Crippen molar-refractivity contribution in [2.45, 2.75) is 6.61 Å². The maximum Gasteiger partial charge on any atom is 0.328 e. The van der Waals surface area contributed by atoms with Crippen LogP contribution in [0.25, 0.3) is 6.08 Å². The molecule has 0 spiro atoms. The molecule has 6 heteroatoms. The molecule has 0 aliphatic carbocycles. The number of carbonyl (C=O) groups is 1. The van der Waals surface area contributed by atoms with Crippen LogP contribution in [0, 0.1) is 0 Å². The topological polar surface area (TPSA) is 72.6 Å². The van der Waals surface area contributed by atoms with Crippen LogP contribution < -0.4 is 4.74 Å². The Kier molecular flexibility index (Phi) is 4.35. The molecule has 2 aromatic rings. The number of rotatable bonds is 5. The third kappa shape index (κ3) is 3.96. The standard InChI is InChI=1S/C13H10BrNO4/c14-12-3-2-10(7-9(12)1-4-13(16)17)18-8-11-5-6-15-19-11/h1-7H,8H2,(H,16,17)/b4-1+. The van der Waals surface area contributed by atoms with E-state index >= 15 is 0 Å². The van der Waals surface area contributed by atoms with E-state index < -0.39 is 5.97 Å². The molecule has 19 heavy (non-hydrogen) atoms. The largest absolute Gasteiger partial charge is 0.486 e. The zero-order valence-corrected chi connectivity index (χ0v) is 11.3. The Bertz CT molecular complexity index is 593. The van der Waals surface area contributed by atoms with E-state index in [-0.39, 0.29) is 6.61 Å². The lowest BCUT2D eigenvalue weighted by molar-refractivity contribution is -0.131. The van der Waals surface area contributed by atoms with Gasteiger partial charge in [-0.25, -0.2) is 4.79 Å². The molecule has 0 aliphatic rings. The Hall–Kier alpha value is -2.08. The second-order valence-electron chi connectivity index (χ2n) is 3.62. The van der Waals surface area contributed by atoms with Gasteiger partial charge in [0.25, 0.3) is 0 Å².